The number of rotatable bonds is 13. The first-order valence-corrected chi connectivity index (χ1v) is 12.3. The van der Waals surface area contributed by atoms with E-state index in [-0.39, 0.29) is 11.1 Å². The molecular formula is C22H47N9O2S. The standard InChI is InChI=1S/C20H41N9O2S.C2H6/c1-19(2,3)24-10-16(21)11-27(12-17(22)13-29(23)20(4,5)6)14-18-15-28(26-25-18)8-7-9-31-32-30;1-2/h10,13,15,24,30H,7-9,11-12,14,21-23H2,1-6H3;1-2H3/b16-10-,17-13-;. The summed E-state index contributed by atoms with van der Waals surface area (Å²) in [6, 6.07) is 0. The highest BCUT2D eigenvalue weighted by Crippen LogP contribution is 2.11. The van der Waals surface area contributed by atoms with Gasteiger partial charge in [0, 0.05) is 67.2 Å². The molecule has 11 nitrogen and oxygen atoms in total. The van der Waals surface area contributed by atoms with Crippen molar-refractivity contribution in [3.05, 3.63) is 35.7 Å². The molecule has 1 aromatic rings. The first-order valence-electron chi connectivity index (χ1n) is 11.6. The van der Waals surface area contributed by atoms with Gasteiger partial charge in [-0.15, -0.1) is 5.10 Å². The lowest BCUT2D eigenvalue weighted by molar-refractivity contribution is 0.206. The molecule has 12 heteroatoms. The van der Waals surface area contributed by atoms with Gasteiger partial charge < -0.3 is 26.3 Å². The fourth-order valence-electron chi connectivity index (χ4n) is 2.52. The van der Waals surface area contributed by atoms with Gasteiger partial charge in [-0.05, 0) is 48.0 Å². The minimum absolute atomic E-state index is 0.0813. The van der Waals surface area contributed by atoms with Crippen LogP contribution in [0.3, 0.4) is 0 Å². The maximum atomic E-state index is 8.60. The molecule has 34 heavy (non-hydrogen) atoms. The first-order chi connectivity index (χ1) is 15.8. The van der Waals surface area contributed by atoms with E-state index in [4.69, 9.17) is 26.0 Å². The summed E-state index contributed by atoms with van der Waals surface area (Å²) in [5, 5.41) is 13.3. The molecule has 198 valence electrons. The molecule has 1 heterocycles. The maximum Gasteiger partial charge on any atom is 0.155 e. The lowest BCUT2D eigenvalue weighted by atomic mass is 10.1. The SMILES string of the molecule is CC.CC(C)(C)N/C=C(\N)CN(C/C(N)=C/N(N)C(C)(C)C)Cc1cn(CCCOSO)nn1. The Labute approximate surface area is 210 Å². The van der Waals surface area contributed by atoms with Crippen molar-refractivity contribution < 1.29 is 8.74 Å². The molecule has 0 saturated carbocycles. The number of hydrogen-bond donors (Lipinski definition) is 5. The van der Waals surface area contributed by atoms with Crippen LogP contribution < -0.4 is 22.6 Å². The number of nitrogens with two attached hydrogens (primary N) is 3. The van der Waals surface area contributed by atoms with Gasteiger partial charge in [0.2, 0.25) is 0 Å². The number of nitrogens with one attached hydrogen (secondary N) is 1. The maximum absolute atomic E-state index is 8.60. The van der Waals surface area contributed by atoms with Crippen LogP contribution in [-0.2, 0) is 17.3 Å². The van der Waals surface area contributed by atoms with Crippen LogP contribution in [0.2, 0.25) is 0 Å². The Balaban J connectivity index is 0.00000529. The van der Waals surface area contributed by atoms with E-state index >= 15 is 0 Å². The van der Waals surface area contributed by atoms with E-state index in [1.165, 1.54) is 0 Å². The highest BCUT2D eigenvalue weighted by Gasteiger charge is 2.17. The highest BCUT2D eigenvalue weighted by molar-refractivity contribution is 7.88. The summed E-state index contributed by atoms with van der Waals surface area (Å²) >= 11 is 0.369. The second-order valence-corrected chi connectivity index (χ2v) is 10.1. The van der Waals surface area contributed by atoms with Crippen molar-refractivity contribution in [2.45, 2.75) is 86.0 Å². The van der Waals surface area contributed by atoms with Gasteiger partial charge in [0.15, 0.2) is 12.3 Å². The molecule has 8 N–H and O–H groups in total. The van der Waals surface area contributed by atoms with Crippen LogP contribution in [0.4, 0.5) is 0 Å². The van der Waals surface area contributed by atoms with Gasteiger partial charge in [-0.3, -0.25) is 13.8 Å². The molecule has 0 aliphatic rings. The Morgan fingerprint density at radius 1 is 1.18 bits per heavy atom. The van der Waals surface area contributed by atoms with Crippen molar-refractivity contribution >= 4 is 12.3 Å². The summed E-state index contributed by atoms with van der Waals surface area (Å²) in [6.45, 7) is 18.8. The van der Waals surface area contributed by atoms with Crippen LogP contribution in [-0.4, -0.2) is 60.2 Å². The minimum atomic E-state index is -0.244. The monoisotopic (exact) mass is 501 g/mol. The van der Waals surface area contributed by atoms with Gasteiger partial charge in [-0.25, -0.2) is 5.84 Å². The van der Waals surface area contributed by atoms with Gasteiger partial charge >= 0.3 is 0 Å². The quantitative estimate of drug-likeness (QED) is 0.117. The molecule has 0 saturated heterocycles. The lowest BCUT2D eigenvalue weighted by Gasteiger charge is -2.31. The van der Waals surface area contributed by atoms with E-state index in [0.717, 1.165) is 5.69 Å². The van der Waals surface area contributed by atoms with E-state index < -0.39 is 0 Å². The smallest absolute Gasteiger partial charge is 0.155 e. The molecule has 0 atom stereocenters. The van der Waals surface area contributed by atoms with Crippen LogP contribution in [0, 0.1) is 0 Å². The Hall–Kier alpha value is -1.99. The van der Waals surface area contributed by atoms with Gasteiger partial charge in [-0.1, -0.05) is 19.1 Å². The van der Waals surface area contributed by atoms with Crippen molar-refractivity contribution in [3.8, 4) is 0 Å². The number of hydrazine groups is 1. The van der Waals surface area contributed by atoms with Crippen molar-refractivity contribution in [1.82, 2.24) is 30.2 Å². The van der Waals surface area contributed by atoms with Crippen LogP contribution in [0.15, 0.2) is 30.0 Å². The number of aromatic nitrogens is 3. The third-order valence-corrected chi connectivity index (χ3v) is 4.49. The molecule has 0 amide bonds. The fourth-order valence-corrected chi connectivity index (χ4v) is 2.72. The summed E-state index contributed by atoms with van der Waals surface area (Å²) in [5.41, 5.74) is 14.3. The number of hydrogen-bond acceptors (Lipinski definition) is 11. The molecule has 0 aliphatic heterocycles. The zero-order chi connectivity index (χ0) is 26.4. The number of aryl methyl sites for hydroxylation is 1. The Bertz CT molecular complexity index is 739. The third kappa shape index (κ3) is 15.0. The zero-order valence-corrected chi connectivity index (χ0v) is 23.0. The Morgan fingerprint density at radius 2 is 1.79 bits per heavy atom. The second-order valence-electron chi connectivity index (χ2n) is 9.76. The summed E-state index contributed by atoms with van der Waals surface area (Å²) in [7, 11) is 0. The van der Waals surface area contributed by atoms with Gasteiger partial charge in [0.25, 0.3) is 0 Å². The zero-order valence-electron chi connectivity index (χ0n) is 22.2. The molecular weight excluding hydrogens is 454 g/mol. The second kappa shape index (κ2) is 15.8. The van der Waals surface area contributed by atoms with Crippen LogP contribution >= 0.6 is 12.3 Å². The largest absolute Gasteiger partial charge is 0.400 e. The average molecular weight is 502 g/mol. The molecule has 0 bridgehead atoms. The van der Waals surface area contributed by atoms with Crippen molar-refractivity contribution in [2.75, 3.05) is 19.7 Å². The van der Waals surface area contributed by atoms with Crippen LogP contribution in [0.1, 0.15) is 67.5 Å². The van der Waals surface area contributed by atoms with E-state index in [0.29, 0.717) is 62.9 Å². The van der Waals surface area contributed by atoms with E-state index in [2.05, 4.69) is 41.3 Å². The summed E-state index contributed by atoms with van der Waals surface area (Å²) in [6.07, 6.45) is 6.17. The number of nitrogens with zero attached hydrogens (tertiary/aromatic N) is 5. The van der Waals surface area contributed by atoms with Crippen molar-refractivity contribution in [1.29, 1.82) is 0 Å². The summed E-state index contributed by atoms with van der Waals surface area (Å²) < 4.78 is 15.2. The molecule has 0 radical (unpaired) electrons. The molecule has 1 rings (SSSR count). The van der Waals surface area contributed by atoms with Gasteiger partial charge in [0.05, 0.1) is 12.3 Å². The van der Waals surface area contributed by atoms with Crippen molar-refractivity contribution in [3.63, 3.8) is 0 Å². The van der Waals surface area contributed by atoms with Crippen LogP contribution in [0.25, 0.3) is 0 Å². The normalized spacial score (nSPS) is 13.0. The molecule has 0 unspecified atom stereocenters. The van der Waals surface area contributed by atoms with Gasteiger partial charge in [0.1, 0.15) is 0 Å². The Morgan fingerprint density at radius 3 is 2.35 bits per heavy atom. The molecule has 0 aliphatic carbocycles. The van der Waals surface area contributed by atoms with E-state index in [1.54, 1.807) is 15.9 Å². The topological polar surface area (TPSA) is 157 Å². The average Bonchev–Trinajstić information content (AvgIpc) is 3.17. The van der Waals surface area contributed by atoms with Crippen molar-refractivity contribution in [2.24, 2.45) is 17.3 Å². The Kier molecular flexibility index (Phi) is 14.9. The van der Waals surface area contributed by atoms with E-state index in [1.807, 2.05) is 47.0 Å². The highest BCUT2D eigenvalue weighted by atomic mass is 32.2. The van der Waals surface area contributed by atoms with Crippen LogP contribution in [0.5, 0.6) is 0 Å². The summed E-state index contributed by atoms with van der Waals surface area (Å²) in [5.74, 6) is 6.11. The van der Waals surface area contributed by atoms with Gasteiger partial charge in [-0.2, -0.15) is 0 Å². The van der Waals surface area contributed by atoms with E-state index in [9.17, 15) is 0 Å². The molecule has 0 fully saturated rings. The third-order valence-electron chi connectivity index (χ3n) is 4.22. The predicted molar refractivity (Wildman–Crippen MR) is 141 cm³/mol. The molecule has 1 aromatic heterocycles. The predicted octanol–water partition coefficient (Wildman–Crippen LogP) is 2.60. The first kappa shape index (κ1) is 32.0. The molecule has 0 spiro atoms. The summed E-state index contributed by atoms with van der Waals surface area (Å²) in [4.78, 5) is 2.08. The minimum Gasteiger partial charge on any atom is -0.400 e. The fraction of sp³-hybridized carbons (Fsp3) is 0.727. The molecule has 0 aromatic carbocycles. The lowest BCUT2D eigenvalue weighted by Crippen LogP contribution is -2.43.